The van der Waals surface area contributed by atoms with E-state index in [9.17, 15) is 0 Å². The van der Waals surface area contributed by atoms with E-state index in [0.29, 0.717) is 0 Å². The summed E-state index contributed by atoms with van der Waals surface area (Å²) in [6, 6.07) is 12.6. The second kappa shape index (κ2) is 5.85. The zero-order valence-corrected chi connectivity index (χ0v) is 11.8. The van der Waals surface area contributed by atoms with E-state index in [4.69, 9.17) is 5.73 Å². The first-order chi connectivity index (χ1) is 9.11. The number of rotatable bonds is 4. The Labute approximate surface area is 115 Å². The van der Waals surface area contributed by atoms with E-state index >= 15 is 0 Å². The van der Waals surface area contributed by atoms with E-state index < -0.39 is 0 Å². The third kappa shape index (κ3) is 3.12. The maximum Gasteiger partial charge on any atom is 0.132 e. The van der Waals surface area contributed by atoms with Crippen molar-refractivity contribution >= 4 is 11.5 Å². The fourth-order valence-corrected chi connectivity index (χ4v) is 2.10. The molecule has 0 radical (unpaired) electrons. The number of nitrogens with zero attached hydrogens (tertiary/aromatic N) is 2. The highest BCUT2D eigenvalue weighted by Crippen LogP contribution is 2.24. The first-order valence-corrected chi connectivity index (χ1v) is 6.67. The average Bonchev–Trinajstić information content (AvgIpc) is 2.40. The molecule has 3 nitrogen and oxygen atoms in total. The Bertz CT molecular complexity index is 532. The van der Waals surface area contributed by atoms with Crippen LogP contribution in [0.25, 0.3) is 0 Å². The van der Waals surface area contributed by atoms with E-state index in [-0.39, 0.29) is 6.04 Å². The Morgan fingerprint density at radius 3 is 2.58 bits per heavy atom. The van der Waals surface area contributed by atoms with Crippen molar-refractivity contribution in [1.82, 2.24) is 4.98 Å². The van der Waals surface area contributed by atoms with E-state index in [1.807, 2.05) is 25.3 Å². The lowest BCUT2D eigenvalue weighted by Crippen LogP contribution is -2.17. The van der Waals surface area contributed by atoms with Gasteiger partial charge < -0.3 is 10.6 Å². The summed E-state index contributed by atoms with van der Waals surface area (Å²) in [6.07, 6.45) is 1.86. The summed E-state index contributed by atoms with van der Waals surface area (Å²) in [7, 11) is 0. The van der Waals surface area contributed by atoms with Crippen LogP contribution in [0.5, 0.6) is 0 Å². The number of hydrogen-bond acceptors (Lipinski definition) is 3. The van der Waals surface area contributed by atoms with Crippen molar-refractivity contribution in [3.8, 4) is 0 Å². The molecule has 19 heavy (non-hydrogen) atoms. The van der Waals surface area contributed by atoms with Gasteiger partial charge in [0.05, 0.1) is 0 Å². The normalized spacial score (nSPS) is 12.2. The van der Waals surface area contributed by atoms with E-state index in [1.165, 1.54) is 11.3 Å². The minimum Gasteiger partial charge on any atom is -0.327 e. The zero-order valence-electron chi connectivity index (χ0n) is 11.8. The predicted octanol–water partition coefficient (Wildman–Crippen LogP) is 3.57. The Morgan fingerprint density at radius 2 is 2.05 bits per heavy atom. The number of hydrogen-bond donors (Lipinski definition) is 1. The number of benzene rings is 1. The summed E-state index contributed by atoms with van der Waals surface area (Å²) in [5, 5.41) is 0. The third-order valence-electron chi connectivity index (χ3n) is 3.20. The Balaban J connectivity index is 2.31. The van der Waals surface area contributed by atoms with Gasteiger partial charge in [0.15, 0.2) is 0 Å². The van der Waals surface area contributed by atoms with Gasteiger partial charge in [-0.25, -0.2) is 4.98 Å². The molecule has 0 aliphatic heterocycles. The molecule has 1 heterocycles. The van der Waals surface area contributed by atoms with Crippen LogP contribution in [0.4, 0.5) is 11.5 Å². The highest BCUT2D eigenvalue weighted by Gasteiger charge is 2.09. The highest BCUT2D eigenvalue weighted by molar-refractivity contribution is 5.60. The van der Waals surface area contributed by atoms with Gasteiger partial charge in [0.2, 0.25) is 0 Å². The van der Waals surface area contributed by atoms with Crippen LogP contribution < -0.4 is 10.6 Å². The number of aryl methyl sites for hydroxylation is 1. The smallest absolute Gasteiger partial charge is 0.132 e. The summed E-state index contributed by atoms with van der Waals surface area (Å²) in [6.45, 7) is 7.08. The molecule has 100 valence electrons. The molecule has 1 aromatic heterocycles. The molecule has 0 spiro atoms. The van der Waals surface area contributed by atoms with Crippen LogP contribution in [-0.4, -0.2) is 11.5 Å². The monoisotopic (exact) mass is 255 g/mol. The van der Waals surface area contributed by atoms with Gasteiger partial charge in [-0.2, -0.15) is 0 Å². The molecule has 0 amide bonds. The van der Waals surface area contributed by atoms with Gasteiger partial charge >= 0.3 is 0 Å². The van der Waals surface area contributed by atoms with Crippen molar-refractivity contribution in [2.24, 2.45) is 5.73 Å². The largest absolute Gasteiger partial charge is 0.327 e. The van der Waals surface area contributed by atoms with Crippen molar-refractivity contribution < 1.29 is 0 Å². The van der Waals surface area contributed by atoms with Gasteiger partial charge in [0.25, 0.3) is 0 Å². The predicted molar refractivity (Wildman–Crippen MR) is 80.7 cm³/mol. The van der Waals surface area contributed by atoms with Gasteiger partial charge in [0, 0.05) is 24.5 Å². The summed E-state index contributed by atoms with van der Waals surface area (Å²) in [5.74, 6) is 0.956. The summed E-state index contributed by atoms with van der Waals surface area (Å²) >= 11 is 0. The number of nitrogens with two attached hydrogens (primary N) is 1. The van der Waals surface area contributed by atoms with Crippen LogP contribution in [0, 0.1) is 6.92 Å². The quantitative estimate of drug-likeness (QED) is 0.908. The van der Waals surface area contributed by atoms with Crippen molar-refractivity contribution in [2.45, 2.75) is 26.8 Å². The van der Waals surface area contributed by atoms with E-state index in [2.05, 4.69) is 48.0 Å². The van der Waals surface area contributed by atoms with Crippen molar-refractivity contribution in [3.05, 3.63) is 53.7 Å². The third-order valence-corrected chi connectivity index (χ3v) is 3.20. The fraction of sp³-hybridized carbons (Fsp3) is 0.312. The molecule has 2 N–H and O–H groups in total. The second-order valence-electron chi connectivity index (χ2n) is 4.82. The van der Waals surface area contributed by atoms with Crippen molar-refractivity contribution in [1.29, 1.82) is 0 Å². The van der Waals surface area contributed by atoms with Crippen LogP contribution in [0.1, 0.15) is 31.0 Å². The molecule has 0 bridgehead atoms. The van der Waals surface area contributed by atoms with Crippen LogP contribution >= 0.6 is 0 Å². The Kier molecular flexibility index (Phi) is 4.17. The molecule has 1 atom stereocenters. The lowest BCUT2D eigenvalue weighted by molar-refractivity contribution is 0.810. The molecular formula is C16H21N3. The molecule has 0 aliphatic rings. The molecule has 2 rings (SSSR count). The number of pyridine rings is 1. The van der Waals surface area contributed by atoms with Gasteiger partial charge in [-0.1, -0.05) is 18.2 Å². The summed E-state index contributed by atoms with van der Waals surface area (Å²) in [5.41, 5.74) is 9.33. The van der Waals surface area contributed by atoms with Crippen LogP contribution in [0.2, 0.25) is 0 Å². The molecule has 2 aromatic rings. The average molecular weight is 255 g/mol. The minimum atomic E-state index is 0.0237. The Hall–Kier alpha value is -1.87. The van der Waals surface area contributed by atoms with Gasteiger partial charge in [0.1, 0.15) is 5.82 Å². The van der Waals surface area contributed by atoms with Crippen LogP contribution in [0.15, 0.2) is 42.6 Å². The van der Waals surface area contributed by atoms with Crippen molar-refractivity contribution in [3.63, 3.8) is 0 Å². The molecule has 0 fully saturated rings. The second-order valence-corrected chi connectivity index (χ2v) is 4.82. The van der Waals surface area contributed by atoms with Gasteiger partial charge in [-0.3, -0.25) is 0 Å². The SMILES string of the molecule is CCN(c1cccc(C)c1)c1ccc(C(C)N)cn1. The highest BCUT2D eigenvalue weighted by atomic mass is 15.2. The molecule has 3 heteroatoms. The lowest BCUT2D eigenvalue weighted by atomic mass is 10.1. The first-order valence-electron chi connectivity index (χ1n) is 6.67. The Morgan fingerprint density at radius 1 is 1.26 bits per heavy atom. The molecule has 0 saturated carbocycles. The number of anilines is 2. The standard InChI is InChI=1S/C16H21N3/c1-4-19(15-7-5-6-12(2)10-15)16-9-8-14(11-18-16)13(3)17/h5-11,13H,4,17H2,1-3H3. The van der Waals surface area contributed by atoms with Crippen LogP contribution in [-0.2, 0) is 0 Å². The molecule has 1 unspecified atom stereocenters. The number of aromatic nitrogens is 1. The zero-order chi connectivity index (χ0) is 13.8. The fourth-order valence-electron chi connectivity index (χ4n) is 2.10. The maximum absolute atomic E-state index is 5.85. The molecular weight excluding hydrogens is 234 g/mol. The molecule has 0 saturated heterocycles. The minimum absolute atomic E-state index is 0.0237. The topological polar surface area (TPSA) is 42.1 Å². The van der Waals surface area contributed by atoms with E-state index in [0.717, 1.165) is 17.9 Å². The lowest BCUT2D eigenvalue weighted by Gasteiger charge is -2.23. The molecule has 0 aliphatic carbocycles. The summed E-state index contributed by atoms with van der Waals surface area (Å²) in [4.78, 5) is 6.72. The van der Waals surface area contributed by atoms with Crippen molar-refractivity contribution in [2.75, 3.05) is 11.4 Å². The molecule has 1 aromatic carbocycles. The van der Waals surface area contributed by atoms with Gasteiger partial charge in [-0.15, -0.1) is 0 Å². The van der Waals surface area contributed by atoms with Crippen LogP contribution in [0.3, 0.4) is 0 Å². The maximum atomic E-state index is 5.85. The first kappa shape index (κ1) is 13.6. The summed E-state index contributed by atoms with van der Waals surface area (Å²) < 4.78 is 0. The van der Waals surface area contributed by atoms with Gasteiger partial charge in [-0.05, 0) is 50.1 Å². The van der Waals surface area contributed by atoms with E-state index in [1.54, 1.807) is 0 Å².